The molecule has 22 heavy (non-hydrogen) atoms. The molecule has 0 unspecified atom stereocenters. The zero-order valence-electron chi connectivity index (χ0n) is 11.5. The summed E-state index contributed by atoms with van der Waals surface area (Å²) in [7, 11) is 0. The molecule has 2 N–H and O–H groups in total. The lowest BCUT2D eigenvalue weighted by Crippen LogP contribution is -2.16. The Morgan fingerprint density at radius 3 is 2.23 bits per heavy atom. The molecule has 0 aromatic heterocycles. The van der Waals surface area contributed by atoms with Crippen molar-refractivity contribution in [3.8, 4) is 6.07 Å². The second kappa shape index (κ2) is 7.38. The molecule has 0 spiro atoms. The largest absolute Gasteiger partial charge is 0.323 e. The lowest BCUT2D eigenvalue weighted by Gasteiger charge is -2.12. The van der Waals surface area contributed by atoms with E-state index in [2.05, 4.69) is 26.6 Å². The molecular formula is C16H12BrN3O2. The van der Waals surface area contributed by atoms with Gasteiger partial charge >= 0.3 is 0 Å². The first-order valence-corrected chi connectivity index (χ1v) is 7.23. The van der Waals surface area contributed by atoms with E-state index in [1.54, 1.807) is 48.5 Å². The summed E-state index contributed by atoms with van der Waals surface area (Å²) in [6, 6.07) is 15.6. The van der Waals surface area contributed by atoms with Gasteiger partial charge in [-0.05, 0) is 40.2 Å². The standard InChI is InChI=1S/C16H12BrN3O2/c17-12-6-2-1-5-11(12)16(22)20-14-8-4-3-7-13(14)19-15(21)9-10-18/h1-8H,9H2,(H,19,21)(H,20,22). The van der Waals surface area contributed by atoms with E-state index in [-0.39, 0.29) is 12.3 Å². The van der Waals surface area contributed by atoms with Crippen molar-refractivity contribution in [3.63, 3.8) is 0 Å². The van der Waals surface area contributed by atoms with Crippen LogP contribution in [0, 0.1) is 11.3 Å². The quantitative estimate of drug-likeness (QED) is 0.877. The summed E-state index contributed by atoms with van der Waals surface area (Å²) in [5.74, 6) is -0.723. The maximum Gasteiger partial charge on any atom is 0.256 e. The third-order valence-corrected chi connectivity index (χ3v) is 3.50. The zero-order valence-corrected chi connectivity index (χ0v) is 13.1. The molecule has 0 aliphatic heterocycles. The van der Waals surface area contributed by atoms with Crippen molar-refractivity contribution in [3.05, 3.63) is 58.6 Å². The second-order valence-corrected chi connectivity index (χ2v) is 5.22. The van der Waals surface area contributed by atoms with Gasteiger partial charge in [0.25, 0.3) is 5.91 Å². The number of hydrogen-bond donors (Lipinski definition) is 2. The molecule has 2 aromatic rings. The Balaban J connectivity index is 2.20. The normalized spacial score (nSPS) is 9.64. The number of nitrogens with one attached hydrogen (secondary N) is 2. The van der Waals surface area contributed by atoms with Crippen molar-refractivity contribution in [1.29, 1.82) is 5.26 Å². The Morgan fingerprint density at radius 1 is 1.00 bits per heavy atom. The van der Waals surface area contributed by atoms with Crippen LogP contribution in [0.5, 0.6) is 0 Å². The van der Waals surface area contributed by atoms with Gasteiger partial charge in [0.15, 0.2) is 0 Å². The van der Waals surface area contributed by atoms with Crippen LogP contribution in [-0.2, 0) is 4.79 Å². The van der Waals surface area contributed by atoms with Gasteiger partial charge in [-0.25, -0.2) is 0 Å². The highest BCUT2D eigenvalue weighted by Gasteiger charge is 2.12. The number of nitriles is 1. The summed E-state index contributed by atoms with van der Waals surface area (Å²) in [6.45, 7) is 0. The predicted octanol–water partition coefficient (Wildman–Crippen LogP) is 3.55. The Labute approximate surface area is 136 Å². The van der Waals surface area contributed by atoms with Crippen LogP contribution in [0.25, 0.3) is 0 Å². The molecule has 2 rings (SSSR count). The number of nitrogens with zero attached hydrogens (tertiary/aromatic N) is 1. The smallest absolute Gasteiger partial charge is 0.256 e. The summed E-state index contributed by atoms with van der Waals surface area (Å²) in [5, 5.41) is 13.9. The van der Waals surface area contributed by atoms with Crippen LogP contribution in [0.15, 0.2) is 53.0 Å². The summed E-state index contributed by atoms with van der Waals surface area (Å²) in [6.07, 6.45) is -0.244. The number of para-hydroxylation sites is 2. The maximum atomic E-state index is 12.3. The van der Waals surface area contributed by atoms with Crippen LogP contribution in [-0.4, -0.2) is 11.8 Å². The molecular weight excluding hydrogens is 346 g/mol. The number of carbonyl (C=O) groups excluding carboxylic acids is 2. The third-order valence-electron chi connectivity index (χ3n) is 2.81. The molecule has 0 atom stereocenters. The van der Waals surface area contributed by atoms with Gasteiger partial charge in [-0.3, -0.25) is 9.59 Å². The van der Waals surface area contributed by atoms with Crippen molar-refractivity contribution < 1.29 is 9.59 Å². The monoisotopic (exact) mass is 357 g/mol. The van der Waals surface area contributed by atoms with Gasteiger partial charge in [-0.1, -0.05) is 24.3 Å². The van der Waals surface area contributed by atoms with Crippen LogP contribution < -0.4 is 10.6 Å². The van der Waals surface area contributed by atoms with Crippen LogP contribution >= 0.6 is 15.9 Å². The van der Waals surface area contributed by atoms with Gasteiger partial charge in [0.2, 0.25) is 5.91 Å². The van der Waals surface area contributed by atoms with Gasteiger partial charge < -0.3 is 10.6 Å². The third kappa shape index (κ3) is 3.93. The van der Waals surface area contributed by atoms with Crippen molar-refractivity contribution in [2.75, 3.05) is 10.6 Å². The minimum Gasteiger partial charge on any atom is -0.323 e. The topological polar surface area (TPSA) is 82.0 Å². The summed E-state index contributed by atoms with van der Waals surface area (Å²) in [4.78, 5) is 23.8. The van der Waals surface area contributed by atoms with Crippen molar-refractivity contribution >= 4 is 39.1 Å². The molecule has 2 aromatic carbocycles. The SMILES string of the molecule is N#CCC(=O)Nc1ccccc1NC(=O)c1ccccc1Br. The fourth-order valence-corrected chi connectivity index (χ4v) is 2.27. The summed E-state index contributed by atoms with van der Waals surface area (Å²) in [5.41, 5.74) is 1.40. The van der Waals surface area contributed by atoms with E-state index in [1.807, 2.05) is 6.07 Å². The van der Waals surface area contributed by atoms with Crippen LogP contribution in [0.4, 0.5) is 11.4 Å². The molecule has 0 aliphatic carbocycles. The molecule has 0 heterocycles. The first-order chi connectivity index (χ1) is 10.6. The zero-order chi connectivity index (χ0) is 15.9. The molecule has 5 nitrogen and oxygen atoms in total. The van der Waals surface area contributed by atoms with Crippen molar-refractivity contribution in [2.24, 2.45) is 0 Å². The van der Waals surface area contributed by atoms with E-state index in [0.717, 1.165) is 0 Å². The minimum atomic E-state index is -0.426. The van der Waals surface area contributed by atoms with Crippen LogP contribution in [0.1, 0.15) is 16.8 Å². The van der Waals surface area contributed by atoms with Crippen molar-refractivity contribution in [2.45, 2.75) is 6.42 Å². The fourth-order valence-electron chi connectivity index (χ4n) is 1.80. The van der Waals surface area contributed by atoms with Gasteiger partial charge in [-0.2, -0.15) is 5.26 Å². The molecule has 0 fully saturated rings. The molecule has 110 valence electrons. The summed E-state index contributed by atoms with van der Waals surface area (Å²) < 4.78 is 0.679. The van der Waals surface area contributed by atoms with E-state index >= 15 is 0 Å². The molecule has 0 radical (unpaired) electrons. The Bertz CT molecular complexity index is 753. The Hall–Kier alpha value is -2.65. The van der Waals surface area contributed by atoms with Crippen molar-refractivity contribution in [1.82, 2.24) is 0 Å². The minimum absolute atomic E-state index is 0.244. The van der Waals surface area contributed by atoms with E-state index in [1.165, 1.54) is 0 Å². The molecule has 0 bridgehead atoms. The van der Waals surface area contributed by atoms with Gasteiger partial charge in [0, 0.05) is 4.47 Å². The number of hydrogen-bond acceptors (Lipinski definition) is 3. The van der Waals surface area contributed by atoms with E-state index in [0.29, 0.717) is 21.4 Å². The number of rotatable bonds is 4. The number of amides is 2. The fraction of sp³-hybridized carbons (Fsp3) is 0.0625. The predicted molar refractivity (Wildman–Crippen MR) is 87.4 cm³/mol. The second-order valence-electron chi connectivity index (χ2n) is 4.36. The molecule has 0 saturated carbocycles. The number of benzene rings is 2. The number of halogens is 1. The highest BCUT2D eigenvalue weighted by Crippen LogP contribution is 2.23. The molecule has 2 amide bonds. The Kier molecular flexibility index (Phi) is 5.28. The van der Waals surface area contributed by atoms with Crippen LogP contribution in [0.3, 0.4) is 0 Å². The average Bonchev–Trinajstić information content (AvgIpc) is 2.50. The van der Waals surface area contributed by atoms with Gasteiger partial charge in [0.1, 0.15) is 6.42 Å². The lowest BCUT2D eigenvalue weighted by atomic mass is 10.2. The maximum absolute atomic E-state index is 12.3. The average molecular weight is 358 g/mol. The van der Waals surface area contributed by atoms with Gasteiger partial charge in [0.05, 0.1) is 23.0 Å². The summed E-state index contributed by atoms with van der Waals surface area (Å²) >= 11 is 3.32. The Morgan fingerprint density at radius 2 is 1.59 bits per heavy atom. The molecule has 6 heteroatoms. The molecule has 0 saturated heterocycles. The highest BCUT2D eigenvalue weighted by molar-refractivity contribution is 9.10. The van der Waals surface area contributed by atoms with E-state index < -0.39 is 5.91 Å². The highest BCUT2D eigenvalue weighted by atomic mass is 79.9. The van der Waals surface area contributed by atoms with Gasteiger partial charge in [-0.15, -0.1) is 0 Å². The number of carbonyl (C=O) groups is 2. The lowest BCUT2D eigenvalue weighted by molar-refractivity contribution is -0.115. The first-order valence-electron chi connectivity index (χ1n) is 6.43. The number of anilines is 2. The first kappa shape index (κ1) is 15.7. The van der Waals surface area contributed by atoms with E-state index in [9.17, 15) is 9.59 Å². The van der Waals surface area contributed by atoms with E-state index in [4.69, 9.17) is 5.26 Å². The molecule has 0 aliphatic rings. The van der Waals surface area contributed by atoms with Crippen LogP contribution in [0.2, 0.25) is 0 Å².